The van der Waals surface area contributed by atoms with Crippen LogP contribution in [0.5, 0.6) is 0 Å². The molecule has 114 valence electrons. The summed E-state index contributed by atoms with van der Waals surface area (Å²) in [6.07, 6.45) is 8.92. The van der Waals surface area contributed by atoms with Crippen LogP contribution in [0.2, 0.25) is 0 Å². The van der Waals surface area contributed by atoms with E-state index in [1.54, 1.807) is 6.08 Å². The fourth-order valence-corrected chi connectivity index (χ4v) is 4.42. The number of carbonyl (C=O) groups is 1. The van der Waals surface area contributed by atoms with Gasteiger partial charge >= 0.3 is 5.97 Å². The molecule has 0 aliphatic carbocycles. The van der Waals surface area contributed by atoms with E-state index < -0.39 is 5.97 Å². The highest BCUT2D eigenvalue weighted by Crippen LogP contribution is 2.46. The molecule has 2 N–H and O–H groups in total. The smallest absolute Gasteiger partial charge is 0.327 e. The summed E-state index contributed by atoms with van der Waals surface area (Å²) in [5.74, 6) is 2.35. The van der Waals surface area contributed by atoms with E-state index in [0.29, 0.717) is 24.0 Å². The predicted molar refractivity (Wildman–Crippen MR) is 79.9 cm³/mol. The highest BCUT2D eigenvalue weighted by atomic mass is 32.2. The Hall–Kier alpha value is -0.520. The minimum atomic E-state index is -0.874. The fourth-order valence-electron chi connectivity index (χ4n) is 3.48. The molecular formula is C15H24O4S. The quantitative estimate of drug-likeness (QED) is 0.505. The van der Waals surface area contributed by atoms with Gasteiger partial charge in [0.15, 0.2) is 0 Å². The maximum absolute atomic E-state index is 10.3. The van der Waals surface area contributed by atoms with E-state index in [2.05, 4.69) is 0 Å². The minimum absolute atomic E-state index is 0.265. The standard InChI is InChI=1S/C15H24O4S/c16-8-6-11-12(14-5-4-13(11)19-14)7-10-20-9-2-1-3-15(17)18/h1,3,11-14,16H,2,4-10H2,(H,17,18)/b3-1+/t11-,12+,13-,14+/m0/s1. The van der Waals surface area contributed by atoms with E-state index in [1.165, 1.54) is 18.9 Å². The first kappa shape index (κ1) is 15.9. The van der Waals surface area contributed by atoms with Gasteiger partial charge < -0.3 is 14.9 Å². The molecule has 2 aliphatic rings. The molecule has 4 nitrogen and oxygen atoms in total. The van der Waals surface area contributed by atoms with E-state index in [0.717, 1.165) is 30.8 Å². The number of hydrogen-bond acceptors (Lipinski definition) is 4. The molecule has 0 aromatic carbocycles. The van der Waals surface area contributed by atoms with Gasteiger partial charge in [-0.05, 0) is 55.4 Å². The number of aliphatic carboxylic acids is 1. The highest BCUT2D eigenvalue weighted by Gasteiger charge is 2.47. The Bertz CT molecular complexity index is 345. The van der Waals surface area contributed by atoms with Gasteiger partial charge in [-0.15, -0.1) is 0 Å². The van der Waals surface area contributed by atoms with Gasteiger partial charge in [0.2, 0.25) is 0 Å². The van der Waals surface area contributed by atoms with Crippen molar-refractivity contribution < 1.29 is 19.7 Å². The topological polar surface area (TPSA) is 66.8 Å². The summed E-state index contributed by atoms with van der Waals surface area (Å²) in [6.45, 7) is 0.265. The van der Waals surface area contributed by atoms with Gasteiger partial charge in [-0.1, -0.05) is 6.08 Å². The summed E-state index contributed by atoms with van der Waals surface area (Å²) in [7, 11) is 0. The Morgan fingerprint density at radius 1 is 1.20 bits per heavy atom. The summed E-state index contributed by atoms with van der Waals surface area (Å²) < 4.78 is 5.98. The van der Waals surface area contributed by atoms with Crippen molar-refractivity contribution in [2.75, 3.05) is 18.1 Å². The van der Waals surface area contributed by atoms with Crippen molar-refractivity contribution in [1.82, 2.24) is 0 Å². The summed E-state index contributed by atoms with van der Waals surface area (Å²) in [4.78, 5) is 10.3. The molecule has 2 bridgehead atoms. The molecule has 2 fully saturated rings. The number of fused-ring (bicyclic) bond motifs is 2. The number of aliphatic hydroxyl groups is 1. The van der Waals surface area contributed by atoms with Crippen molar-refractivity contribution in [3.8, 4) is 0 Å². The Morgan fingerprint density at radius 2 is 1.90 bits per heavy atom. The highest BCUT2D eigenvalue weighted by molar-refractivity contribution is 7.99. The molecule has 0 radical (unpaired) electrons. The number of thioether (sulfide) groups is 1. The average Bonchev–Trinajstić information content (AvgIpc) is 3.00. The van der Waals surface area contributed by atoms with Crippen LogP contribution >= 0.6 is 11.8 Å². The first-order chi connectivity index (χ1) is 9.72. The Kier molecular flexibility index (Phi) is 6.39. The van der Waals surface area contributed by atoms with E-state index >= 15 is 0 Å². The zero-order chi connectivity index (χ0) is 14.4. The summed E-state index contributed by atoms with van der Waals surface area (Å²) in [5.41, 5.74) is 0. The average molecular weight is 300 g/mol. The van der Waals surface area contributed by atoms with Crippen molar-refractivity contribution in [3.63, 3.8) is 0 Å². The number of hydrogen-bond donors (Lipinski definition) is 2. The van der Waals surface area contributed by atoms with Gasteiger partial charge in [0.05, 0.1) is 12.2 Å². The normalized spacial score (nSPS) is 32.2. The lowest BCUT2D eigenvalue weighted by molar-refractivity contribution is -0.131. The summed E-state index contributed by atoms with van der Waals surface area (Å²) >= 11 is 1.88. The van der Waals surface area contributed by atoms with E-state index in [-0.39, 0.29) is 6.61 Å². The lowest BCUT2D eigenvalue weighted by atomic mass is 9.76. The first-order valence-corrected chi connectivity index (χ1v) is 8.61. The molecule has 0 unspecified atom stereocenters. The maximum atomic E-state index is 10.3. The molecular weight excluding hydrogens is 276 g/mol. The number of allylic oxidation sites excluding steroid dienone is 1. The monoisotopic (exact) mass is 300 g/mol. The van der Waals surface area contributed by atoms with Crippen LogP contribution in [0, 0.1) is 11.8 Å². The number of aliphatic hydroxyl groups excluding tert-OH is 1. The number of carboxylic acid groups (broad SMARTS) is 1. The largest absolute Gasteiger partial charge is 0.478 e. The number of carboxylic acids is 1. The molecule has 0 aromatic heterocycles. The Balaban J connectivity index is 1.62. The van der Waals surface area contributed by atoms with Gasteiger partial charge in [-0.2, -0.15) is 11.8 Å². The van der Waals surface area contributed by atoms with Gasteiger partial charge in [0, 0.05) is 12.7 Å². The summed E-state index contributed by atoms with van der Waals surface area (Å²) in [5, 5.41) is 17.6. The van der Waals surface area contributed by atoms with Crippen molar-refractivity contribution in [3.05, 3.63) is 12.2 Å². The van der Waals surface area contributed by atoms with E-state index in [1.807, 2.05) is 11.8 Å². The molecule has 5 heteroatoms. The van der Waals surface area contributed by atoms with Crippen molar-refractivity contribution in [2.24, 2.45) is 11.8 Å². The fraction of sp³-hybridized carbons (Fsp3) is 0.800. The molecule has 0 spiro atoms. The lowest BCUT2D eigenvalue weighted by Crippen LogP contribution is -2.28. The zero-order valence-corrected chi connectivity index (χ0v) is 12.6. The third-order valence-electron chi connectivity index (χ3n) is 4.34. The van der Waals surface area contributed by atoms with E-state index in [4.69, 9.17) is 14.9 Å². The van der Waals surface area contributed by atoms with Crippen LogP contribution in [-0.2, 0) is 9.53 Å². The second kappa shape index (κ2) is 8.05. The van der Waals surface area contributed by atoms with Crippen molar-refractivity contribution in [2.45, 2.75) is 44.3 Å². The van der Waals surface area contributed by atoms with Crippen LogP contribution in [0.1, 0.15) is 32.1 Å². The van der Waals surface area contributed by atoms with Crippen LogP contribution in [0.3, 0.4) is 0 Å². The minimum Gasteiger partial charge on any atom is -0.478 e. The molecule has 0 aromatic rings. The zero-order valence-electron chi connectivity index (χ0n) is 11.7. The second-order valence-corrected chi connectivity index (χ2v) is 6.79. The molecule has 20 heavy (non-hydrogen) atoms. The van der Waals surface area contributed by atoms with Crippen LogP contribution in [0.25, 0.3) is 0 Å². The third kappa shape index (κ3) is 4.24. The molecule has 2 heterocycles. The first-order valence-electron chi connectivity index (χ1n) is 7.46. The molecule has 2 saturated heterocycles. The summed E-state index contributed by atoms with van der Waals surface area (Å²) in [6, 6.07) is 0. The van der Waals surface area contributed by atoms with Crippen LogP contribution in [0.15, 0.2) is 12.2 Å². The third-order valence-corrected chi connectivity index (χ3v) is 5.39. The van der Waals surface area contributed by atoms with Crippen LogP contribution in [0.4, 0.5) is 0 Å². The predicted octanol–water partition coefficient (Wildman–Crippen LogP) is 2.32. The molecule has 2 aliphatic heterocycles. The van der Waals surface area contributed by atoms with Crippen LogP contribution in [-0.4, -0.2) is 46.5 Å². The molecule has 4 atom stereocenters. The van der Waals surface area contributed by atoms with Gasteiger partial charge in [-0.25, -0.2) is 4.79 Å². The van der Waals surface area contributed by atoms with Crippen molar-refractivity contribution >= 4 is 17.7 Å². The van der Waals surface area contributed by atoms with Gasteiger partial charge in [0.1, 0.15) is 0 Å². The molecule has 0 amide bonds. The Morgan fingerprint density at radius 3 is 2.55 bits per heavy atom. The number of rotatable bonds is 9. The maximum Gasteiger partial charge on any atom is 0.327 e. The van der Waals surface area contributed by atoms with Crippen LogP contribution < -0.4 is 0 Å². The molecule has 0 saturated carbocycles. The van der Waals surface area contributed by atoms with Gasteiger partial charge in [-0.3, -0.25) is 0 Å². The second-order valence-electron chi connectivity index (χ2n) is 5.56. The lowest BCUT2D eigenvalue weighted by Gasteiger charge is -2.27. The van der Waals surface area contributed by atoms with Gasteiger partial charge in [0.25, 0.3) is 0 Å². The van der Waals surface area contributed by atoms with Crippen molar-refractivity contribution in [1.29, 1.82) is 0 Å². The SMILES string of the molecule is O=C(O)/C=C/CCSCC[C@@H]1[C@H](CCO)[C@@H]2CC[C@H]1O2. The van der Waals surface area contributed by atoms with E-state index in [9.17, 15) is 4.79 Å². The molecule has 2 rings (SSSR count). The Labute approximate surface area is 124 Å². The number of ether oxygens (including phenoxy) is 1.